The fourth-order valence-corrected chi connectivity index (χ4v) is 1.31. The van der Waals surface area contributed by atoms with Crippen molar-refractivity contribution in [1.82, 2.24) is 4.90 Å². The molecule has 0 aromatic carbocycles. The maximum atomic E-state index is 11.4. The van der Waals surface area contributed by atoms with E-state index < -0.39 is 6.10 Å². The van der Waals surface area contributed by atoms with Crippen LogP contribution in [0.15, 0.2) is 11.1 Å². The second-order valence-corrected chi connectivity index (χ2v) is 3.03. The molecule has 4 heteroatoms. The molecule has 0 radical (unpaired) electrons. The lowest BCUT2D eigenvalue weighted by Crippen LogP contribution is -2.44. The van der Waals surface area contributed by atoms with Gasteiger partial charge in [0.25, 0.3) is 5.91 Å². The van der Waals surface area contributed by atoms with E-state index in [0.29, 0.717) is 24.2 Å². The maximum absolute atomic E-state index is 11.4. The third-order valence-electron chi connectivity index (χ3n) is 2.30. The number of carbonyl (C=O) groups excluding carboxylic acids is 1. The summed E-state index contributed by atoms with van der Waals surface area (Å²) in [5.41, 5.74) is 0.978. The molecule has 0 aromatic heterocycles. The molecule has 13 heavy (non-hydrogen) atoms. The molecule has 4 nitrogen and oxygen atoms in total. The molecule has 1 atom stereocenters. The molecule has 1 aliphatic heterocycles. The highest BCUT2D eigenvalue weighted by Gasteiger charge is 2.30. The van der Waals surface area contributed by atoms with Crippen molar-refractivity contribution in [3.05, 3.63) is 11.1 Å². The van der Waals surface area contributed by atoms with Crippen LogP contribution < -0.4 is 0 Å². The molecule has 0 fully saturated rings. The van der Waals surface area contributed by atoms with E-state index >= 15 is 0 Å². The van der Waals surface area contributed by atoms with Crippen LogP contribution in [-0.4, -0.2) is 35.1 Å². The lowest BCUT2D eigenvalue weighted by Gasteiger charge is -2.29. The molecule has 1 rings (SSSR count). The van der Waals surface area contributed by atoms with Gasteiger partial charge in [0.1, 0.15) is 0 Å². The first-order chi connectivity index (χ1) is 6.11. The third kappa shape index (κ3) is 1.56. The van der Waals surface area contributed by atoms with E-state index in [0.717, 1.165) is 0 Å². The zero-order valence-corrected chi connectivity index (χ0v) is 7.74. The molecule has 1 heterocycles. The molecule has 0 spiro atoms. The van der Waals surface area contributed by atoms with Gasteiger partial charge in [0.15, 0.2) is 6.10 Å². The van der Waals surface area contributed by atoms with Gasteiger partial charge in [-0.2, -0.15) is 5.26 Å². The topological polar surface area (TPSA) is 64.3 Å². The maximum Gasteiger partial charge on any atom is 0.256 e. The zero-order valence-electron chi connectivity index (χ0n) is 7.74. The van der Waals surface area contributed by atoms with E-state index in [1.807, 2.05) is 13.0 Å². The van der Waals surface area contributed by atoms with Gasteiger partial charge in [0, 0.05) is 6.54 Å². The molecule has 1 aliphatic rings. The minimum absolute atomic E-state index is 0.306. The van der Waals surface area contributed by atoms with Crippen molar-refractivity contribution >= 4 is 5.91 Å². The standard InChI is InChI=1S/C9H12N2O2/c1-3-11-5-7(4-10)6(2)8(12)9(11)13/h8,12H,3,5H2,1-2H3. The second kappa shape index (κ2) is 3.58. The summed E-state index contributed by atoms with van der Waals surface area (Å²) in [5.74, 6) is -0.306. The fraction of sp³-hybridized carbons (Fsp3) is 0.556. The highest BCUT2D eigenvalue weighted by atomic mass is 16.3. The highest BCUT2D eigenvalue weighted by molar-refractivity contribution is 5.86. The molecule has 1 unspecified atom stereocenters. The Morgan fingerprint density at radius 3 is 2.85 bits per heavy atom. The van der Waals surface area contributed by atoms with Gasteiger partial charge in [-0.3, -0.25) is 4.79 Å². The Morgan fingerprint density at radius 2 is 2.38 bits per heavy atom. The Balaban J connectivity index is 3.01. The molecule has 0 saturated heterocycles. The zero-order chi connectivity index (χ0) is 10.0. The Labute approximate surface area is 77.1 Å². The number of hydrogen-bond acceptors (Lipinski definition) is 3. The smallest absolute Gasteiger partial charge is 0.256 e. The molecular weight excluding hydrogens is 168 g/mol. The molecule has 1 amide bonds. The van der Waals surface area contributed by atoms with Crippen LogP contribution in [0, 0.1) is 11.3 Å². The van der Waals surface area contributed by atoms with Crippen LogP contribution in [0.5, 0.6) is 0 Å². The molecular formula is C9H12N2O2. The number of carbonyl (C=O) groups is 1. The highest BCUT2D eigenvalue weighted by Crippen LogP contribution is 2.18. The Morgan fingerprint density at radius 1 is 1.77 bits per heavy atom. The molecule has 1 N–H and O–H groups in total. The summed E-state index contributed by atoms with van der Waals surface area (Å²) in [4.78, 5) is 12.8. The predicted molar refractivity (Wildman–Crippen MR) is 46.6 cm³/mol. The Hall–Kier alpha value is -1.34. The quantitative estimate of drug-likeness (QED) is 0.620. The van der Waals surface area contributed by atoms with Crippen molar-refractivity contribution in [2.75, 3.05) is 13.1 Å². The molecule has 0 aromatic rings. The van der Waals surface area contributed by atoms with Gasteiger partial charge < -0.3 is 10.0 Å². The summed E-state index contributed by atoms with van der Waals surface area (Å²) in [6, 6.07) is 1.99. The van der Waals surface area contributed by atoms with Crippen molar-refractivity contribution in [3.8, 4) is 6.07 Å². The van der Waals surface area contributed by atoms with Gasteiger partial charge in [-0.25, -0.2) is 0 Å². The number of hydrogen-bond donors (Lipinski definition) is 1. The van der Waals surface area contributed by atoms with Crippen molar-refractivity contribution in [2.24, 2.45) is 0 Å². The molecule has 70 valence electrons. The van der Waals surface area contributed by atoms with E-state index in [1.165, 1.54) is 4.90 Å². The van der Waals surface area contributed by atoms with Crippen molar-refractivity contribution in [1.29, 1.82) is 5.26 Å². The van der Waals surface area contributed by atoms with Gasteiger partial charge in [0.2, 0.25) is 0 Å². The van der Waals surface area contributed by atoms with Crippen molar-refractivity contribution in [2.45, 2.75) is 20.0 Å². The van der Waals surface area contributed by atoms with E-state index in [-0.39, 0.29) is 5.91 Å². The Bertz CT molecular complexity index is 301. The number of amides is 1. The summed E-state index contributed by atoms with van der Waals surface area (Å²) < 4.78 is 0. The monoisotopic (exact) mass is 180 g/mol. The minimum Gasteiger partial charge on any atom is -0.379 e. The van der Waals surface area contributed by atoms with Gasteiger partial charge in [-0.15, -0.1) is 0 Å². The summed E-state index contributed by atoms with van der Waals surface area (Å²) >= 11 is 0. The number of rotatable bonds is 1. The number of aliphatic hydroxyl groups is 1. The summed E-state index contributed by atoms with van der Waals surface area (Å²) in [7, 11) is 0. The Kier molecular flexibility index (Phi) is 2.69. The number of nitriles is 1. The first kappa shape index (κ1) is 9.75. The van der Waals surface area contributed by atoms with Crippen molar-refractivity contribution < 1.29 is 9.90 Å². The van der Waals surface area contributed by atoms with Crippen LogP contribution in [-0.2, 0) is 4.79 Å². The first-order valence-electron chi connectivity index (χ1n) is 4.18. The largest absolute Gasteiger partial charge is 0.379 e. The molecule has 0 bridgehead atoms. The number of likely N-dealkylation sites (N-methyl/N-ethyl adjacent to an activating group) is 1. The van der Waals surface area contributed by atoms with Gasteiger partial charge >= 0.3 is 0 Å². The fourth-order valence-electron chi connectivity index (χ4n) is 1.31. The second-order valence-electron chi connectivity index (χ2n) is 3.03. The minimum atomic E-state index is -1.12. The van der Waals surface area contributed by atoms with E-state index in [1.54, 1.807) is 6.92 Å². The van der Waals surface area contributed by atoms with Crippen molar-refractivity contribution in [3.63, 3.8) is 0 Å². The summed E-state index contributed by atoms with van der Waals surface area (Å²) in [6.45, 7) is 4.29. The molecule has 0 saturated carbocycles. The molecule has 0 aliphatic carbocycles. The van der Waals surface area contributed by atoms with Crippen LogP contribution in [0.2, 0.25) is 0 Å². The van der Waals surface area contributed by atoms with Gasteiger partial charge in [-0.1, -0.05) is 0 Å². The van der Waals surface area contributed by atoms with E-state index in [2.05, 4.69) is 0 Å². The predicted octanol–water partition coefficient (Wildman–Crippen LogP) is 0.0495. The van der Waals surface area contributed by atoms with Crippen LogP contribution >= 0.6 is 0 Å². The average molecular weight is 180 g/mol. The van der Waals surface area contributed by atoms with Gasteiger partial charge in [0.05, 0.1) is 18.2 Å². The van der Waals surface area contributed by atoms with Crippen LogP contribution in [0.25, 0.3) is 0 Å². The van der Waals surface area contributed by atoms with E-state index in [4.69, 9.17) is 5.26 Å². The summed E-state index contributed by atoms with van der Waals surface area (Å²) in [6.07, 6.45) is -1.12. The van der Waals surface area contributed by atoms with Gasteiger partial charge in [-0.05, 0) is 19.4 Å². The number of aliphatic hydroxyl groups excluding tert-OH is 1. The first-order valence-corrected chi connectivity index (χ1v) is 4.18. The lowest BCUT2D eigenvalue weighted by atomic mass is 9.99. The SMILES string of the molecule is CCN1CC(C#N)=C(C)C(O)C1=O. The normalized spacial score (nSPS) is 23.4. The lowest BCUT2D eigenvalue weighted by molar-refractivity contribution is -0.138. The third-order valence-corrected chi connectivity index (χ3v) is 2.30. The number of nitrogens with zero attached hydrogens (tertiary/aromatic N) is 2. The van der Waals surface area contributed by atoms with Crippen LogP contribution in [0.3, 0.4) is 0 Å². The van der Waals surface area contributed by atoms with Crippen LogP contribution in [0.1, 0.15) is 13.8 Å². The average Bonchev–Trinajstić information content (AvgIpc) is 2.15. The van der Waals surface area contributed by atoms with Crippen LogP contribution in [0.4, 0.5) is 0 Å². The summed E-state index contributed by atoms with van der Waals surface area (Å²) in [5, 5.41) is 18.2. The van der Waals surface area contributed by atoms with E-state index in [9.17, 15) is 9.90 Å².